The standard InChI is InChI=1S/C31H33N3O5/c1-6-29(35)24-11-13-25(14-12-24)32-21-34(3)27-17-9-23(10-18-27)20-33(2)26-15-7-22(8-16-26)19-28(30(36)38-4)31(37)39-5/h7-19,21H,6,20H2,1-5H3. The van der Waals surface area contributed by atoms with Gasteiger partial charge in [-0.2, -0.15) is 0 Å². The molecule has 0 radical (unpaired) electrons. The lowest BCUT2D eigenvalue weighted by molar-refractivity contribution is -0.143. The second-order valence-electron chi connectivity index (χ2n) is 8.83. The first-order chi connectivity index (χ1) is 18.7. The minimum atomic E-state index is -0.748. The van der Waals surface area contributed by atoms with Crippen molar-refractivity contribution >= 4 is 47.2 Å². The van der Waals surface area contributed by atoms with Crippen molar-refractivity contribution < 1.29 is 23.9 Å². The van der Waals surface area contributed by atoms with Gasteiger partial charge in [0.15, 0.2) is 5.78 Å². The lowest BCUT2D eigenvalue weighted by Gasteiger charge is -2.20. The van der Waals surface area contributed by atoms with Crippen LogP contribution in [0.25, 0.3) is 6.08 Å². The third-order valence-corrected chi connectivity index (χ3v) is 6.11. The summed E-state index contributed by atoms with van der Waals surface area (Å²) in [6.45, 7) is 2.54. The van der Waals surface area contributed by atoms with E-state index in [0.29, 0.717) is 24.1 Å². The van der Waals surface area contributed by atoms with Crippen LogP contribution in [0.3, 0.4) is 0 Å². The topological polar surface area (TPSA) is 88.5 Å². The zero-order valence-corrected chi connectivity index (χ0v) is 22.9. The number of aliphatic imine (C=N–C) groups is 1. The van der Waals surface area contributed by atoms with E-state index >= 15 is 0 Å². The summed E-state index contributed by atoms with van der Waals surface area (Å²) in [5.74, 6) is -1.38. The molecule has 0 aliphatic carbocycles. The number of hydrogen-bond donors (Lipinski definition) is 0. The van der Waals surface area contributed by atoms with Crippen LogP contribution >= 0.6 is 0 Å². The van der Waals surface area contributed by atoms with Crippen molar-refractivity contribution in [2.24, 2.45) is 4.99 Å². The molecule has 39 heavy (non-hydrogen) atoms. The van der Waals surface area contributed by atoms with Crippen molar-refractivity contribution in [2.75, 3.05) is 38.1 Å². The molecule has 3 rings (SSSR count). The Morgan fingerprint density at radius 2 is 1.36 bits per heavy atom. The fraction of sp³-hybridized carbons (Fsp3) is 0.226. The average molecular weight is 528 g/mol. The van der Waals surface area contributed by atoms with Crippen molar-refractivity contribution in [3.63, 3.8) is 0 Å². The number of carbonyl (C=O) groups is 3. The number of benzene rings is 3. The van der Waals surface area contributed by atoms with Crippen LogP contribution in [0.4, 0.5) is 17.1 Å². The van der Waals surface area contributed by atoms with Gasteiger partial charge in [-0.05, 0) is 65.7 Å². The molecular weight excluding hydrogens is 494 g/mol. The molecular formula is C31H33N3O5. The number of hydrogen-bond acceptors (Lipinski definition) is 7. The first-order valence-corrected chi connectivity index (χ1v) is 12.4. The summed E-state index contributed by atoms with van der Waals surface area (Å²) in [6, 6.07) is 23.0. The Morgan fingerprint density at radius 1 is 0.795 bits per heavy atom. The zero-order valence-electron chi connectivity index (χ0n) is 22.9. The summed E-state index contributed by atoms with van der Waals surface area (Å²) < 4.78 is 9.34. The van der Waals surface area contributed by atoms with Gasteiger partial charge >= 0.3 is 11.9 Å². The van der Waals surface area contributed by atoms with Crippen LogP contribution in [-0.2, 0) is 25.6 Å². The summed E-state index contributed by atoms with van der Waals surface area (Å²) >= 11 is 0. The molecule has 0 saturated carbocycles. The van der Waals surface area contributed by atoms with Gasteiger partial charge in [-0.15, -0.1) is 0 Å². The van der Waals surface area contributed by atoms with Gasteiger partial charge in [-0.1, -0.05) is 31.2 Å². The minimum absolute atomic E-state index is 0.118. The molecule has 3 aromatic rings. The quantitative estimate of drug-likeness (QED) is 0.0624. The minimum Gasteiger partial charge on any atom is -0.465 e. The van der Waals surface area contributed by atoms with Crippen molar-refractivity contribution in [2.45, 2.75) is 19.9 Å². The van der Waals surface area contributed by atoms with Crippen LogP contribution in [0.15, 0.2) is 83.4 Å². The van der Waals surface area contributed by atoms with Gasteiger partial charge in [0, 0.05) is 44.0 Å². The molecule has 0 saturated heterocycles. The Balaban J connectivity index is 1.61. The highest BCUT2D eigenvalue weighted by Crippen LogP contribution is 2.21. The average Bonchev–Trinajstić information content (AvgIpc) is 2.98. The van der Waals surface area contributed by atoms with Crippen molar-refractivity contribution in [3.05, 3.63) is 95.1 Å². The van der Waals surface area contributed by atoms with Crippen molar-refractivity contribution in [1.29, 1.82) is 0 Å². The van der Waals surface area contributed by atoms with Crippen molar-refractivity contribution in [3.8, 4) is 0 Å². The molecule has 0 N–H and O–H groups in total. The molecule has 0 aromatic heterocycles. The number of anilines is 2. The van der Waals surface area contributed by atoms with Crippen LogP contribution in [0, 0.1) is 0 Å². The largest absolute Gasteiger partial charge is 0.465 e. The highest BCUT2D eigenvalue weighted by atomic mass is 16.5. The molecule has 0 unspecified atom stereocenters. The predicted molar refractivity (Wildman–Crippen MR) is 155 cm³/mol. The highest BCUT2D eigenvalue weighted by Gasteiger charge is 2.19. The molecule has 0 heterocycles. The van der Waals surface area contributed by atoms with Crippen LogP contribution in [0.1, 0.15) is 34.8 Å². The van der Waals surface area contributed by atoms with Gasteiger partial charge < -0.3 is 19.3 Å². The molecule has 0 aliphatic rings. The number of nitrogens with zero attached hydrogens (tertiary/aromatic N) is 3. The molecule has 8 nitrogen and oxygen atoms in total. The molecule has 202 valence electrons. The fourth-order valence-electron chi connectivity index (χ4n) is 3.77. The Kier molecular flexibility index (Phi) is 10.1. The Bertz CT molecular complexity index is 1330. The Labute approximate surface area is 229 Å². The first kappa shape index (κ1) is 28.8. The summed E-state index contributed by atoms with van der Waals surface area (Å²) in [5, 5.41) is 0. The molecule has 0 fully saturated rings. The zero-order chi connectivity index (χ0) is 28.4. The lowest BCUT2D eigenvalue weighted by atomic mass is 10.1. The lowest BCUT2D eigenvalue weighted by Crippen LogP contribution is -2.17. The molecule has 0 bridgehead atoms. The molecule has 0 amide bonds. The first-order valence-electron chi connectivity index (χ1n) is 12.4. The Hall–Kier alpha value is -4.72. The second-order valence-corrected chi connectivity index (χ2v) is 8.83. The van der Waals surface area contributed by atoms with E-state index in [4.69, 9.17) is 0 Å². The summed E-state index contributed by atoms with van der Waals surface area (Å²) in [6.07, 6.45) is 3.68. The maximum absolute atomic E-state index is 11.9. The maximum atomic E-state index is 11.9. The number of methoxy groups -OCH3 is 2. The van der Waals surface area contributed by atoms with E-state index in [0.717, 1.165) is 22.6 Å². The van der Waals surface area contributed by atoms with E-state index in [1.807, 2.05) is 74.4 Å². The number of Topliss-reactive ketones (excluding diaryl/α,β-unsaturated/α-hetero) is 1. The van der Waals surface area contributed by atoms with Crippen LogP contribution in [-0.4, -0.2) is 52.4 Å². The van der Waals surface area contributed by atoms with Crippen molar-refractivity contribution in [1.82, 2.24) is 0 Å². The number of rotatable bonds is 11. The molecule has 3 aromatic carbocycles. The number of ketones is 1. The van der Waals surface area contributed by atoms with Crippen LogP contribution in [0.5, 0.6) is 0 Å². The van der Waals surface area contributed by atoms with E-state index in [1.54, 1.807) is 18.5 Å². The van der Waals surface area contributed by atoms with E-state index in [-0.39, 0.29) is 11.4 Å². The second kappa shape index (κ2) is 13.7. The van der Waals surface area contributed by atoms with Gasteiger partial charge in [0.25, 0.3) is 0 Å². The third kappa shape index (κ3) is 7.88. The molecule has 0 spiro atoms. The molecule has 8 heteroatoms. The van der Waals surface area contributed by atoms with Crippen LogP contribution < -0.4 is 9.80 Å². The number of esters is 2. The summed E-state index contributed by atoms with van der Waals surface area (Å²) in [4.78, 5) is 44.1. The predicted octanol–water partition coefficient (Wildman–Crippen LogP) is 5.44. The smallest absolute Gasteiger partial charge is 0.345 e. The SMILES string of the molecule is CCC(=O)c1ccc(N=CN(C)c2ccc(CN(C)c3ccc(C=C(C(=O)OC)C(=O)OC)cc3)cc2)cc1. The summed E-state index contributed by atoms with van der Waals surface area (Å²) in [5.41, 5.74) is 5.08. The van der Waals surface area contributed by atoms with E-state index in [1.165, 1.54) is 20.3 Å². The van der Waals surface area contributed by atoms with Gasteiger partial charge in [0.05, 0.1) is 26.2 Å². The highest BCUT2D eigenvalue weighted by molar-refractivity contribution is 6.17. The molecule has 0 aliphatic heterocycles. The van der Waals surface area contributed by atoms with Gasteiger partial charge in [-0.25, -0.2) is 14.6 Å². The monoisotopic (exact) mass is 527 g/mol. The van der Waals surface area contributed by atoms with Gasteiger partial charge in [-0.3, -0.25) is 4.79 Å². The number of ether oxygens (including phenoxy) is 2. The fourth-order valence-corrected chi connectivity index (χ4v) is 3.77. The van der Waals surface area contributed by atoms with E-state index in [2.05, 4.69) is 31.5 Å². The normalized spacial score (nSPS) is 10.6. The number of carbonyl (C=O) groups excluding carboxylic acids is 3. The van der Waals surface area contributed by atoms with E-state index in [9.17, 15) is 14.4 Å². The van der Waals surface area contributed by atoms with E-state index < -0.39 is 11.9 Å². The third-order valence-electron chi connectivity index (χ3n) is 6.11. The molecule has 0 atom stereocenters. The van der Waals surface area contributed by atoms with Crippen LogP contribution in [0.2, 0.25) is 0 Å². The Morgan fingerprint density at radius 3 is 1.90 bits per heavy atom. The maximum Gasteiger partial charge on any atom is 0.345 e. The summed E-state index contributed by atoms with van der Waals surface area (Å²) in [7, 11) is 6.35. The van der Waals surface area contributed by atoms with Gasteiger partial charge in [0.2, 0.25) is 0 Å². The van der Waals surface area contributed by atoms with Gasteiger partial charge in [0.1, 0.15) is 5.57 Å².